The van der Waals surface area contributed by atoms with Crippen molar-refractivity contribution in [1.29, 1.82) is 0 Å². The fourth-order valence-corrected chi connectivity index (χ4v) is 3.74. The molecule has 2 heterocycles. The van der Waals surface area contributed by atoms with E-state index in [9.17, 15) is 4.21 Å². The number of hydrogen-bond acceptors (Lipinski definition) is 4. The maximum Gasteiger partial charge on any atom is 0.165 e. The molecule has 1 aliphatic heterocycles. The summed E-state index contributed by atoms with van der Waals surface area (Å²) in [5.74, 6) is 0. The molecule has 7 heteroatoms. The predicted molar refractivity (Wildman–Crippen MR) is 79.5 cm³/mol. The molecule has 102 valence electrons. The third-order valence-electron chi connectivity index (χ3n) is 3.01. The van der Waals surface area contributed by atoms with Gasteiger partial charge in [0.25, 0.3) is 0 Å². The van der Waals surface area contributed by atoms with Gasteiger partial charge in [0.2, 0.25) is 0 Å². The number of fused-ring (bicyclic) bond motifs is 1. The summed E-state index contributed by atoms with van der Waals surface area (Å²) in [5, 5.41) is 3.93. The van der Waals surface area contributed by atoms with Gasteiger partial charge in [0.15, 0.2) is 10.2 Å². The Labute approximate surface area is 124 Å². The monoisotopic (exact) mass is 317 g/mol. The van der Waals surface area contributed by atoms with Crippen LogP contribution in [0.15, 0.2) is 29.3 Å². The molecule has 1 aromatic heterocycles. The molecule has 0 radical (unpaired) electrons. The maximum absolute atomic E-state index is 12.4. The molecule has 4 nitrogen and oxygen atoms in total. The van der Waals surface area contributed by atoms with E-state index in [1.54, 1.807) is 0 Å². The minimum absolute atomic E-state index is 0. The Hall–Kier alpha value is -0.750. The van der Waals surface area contributed by atoms with Gasteiger partial charge in [0.1, 0.15) is 0 Å². The van der Waals surface area contributed by atoms with Crippen LogP contribution in [0.25, 0.3) is 11.0 Å². The first-order valence-corrected chi connectivity index (χ1v) is 7.38. The lowest BCUT2D eigenvalue weighted by atomic mass is 10.3. The number of nitrogens with zero attached hydrogens (tertiary/aromatic N) is 2. The molecule has 1 saturated heterocycles. The molecule has 2 aromatic rings. The van der Waals surface area contributed by atoms with Gasteiger partial charge in [-0.2, -0.15) is 0 Å². The van der Waals surface area contributed by atoms with Crippen molar-refractivity contribution in [1.82, 2.24) is 15.3 Å². The molecule has 1 aliphatic rings. The van der Waals surface area contributed by atoms with Crippen LogP contribution in [0.3, 0.4) is 0 Å². The number of aromatic nitrogens is 2. The van der Waals surface area contributed by atoms with E-state index >= 15 is 0 Å². The molecule has 0 amide bonds. The van der Waals surface area contributed by atoms with Crippen LogP contribution in [0.2, 0.25) is 5.15 Å². The Morgan fingerprint density at radius 1 is 1.26 bits per heavy atom. The molecular formula is C12H13Cl2N3OS. The summed E-state index contributed by atoms with van der Waals surface area (Å²) in [6.07, 6.45) is 0.886. The zero-order valence-corrected chi connectivity index (χ0v) is 12.4. The van der Waals surface area contributed by atoms with Crippen LogP contribution in [0.4, 0.5) is 0 Å². The Morgan fingerprint density at radius 2 is 1.95 bits per heavy atom. The van der Waals surface area contributed by atoms with E-state index in [1.165, 1.54) is 0 Å². The summed E-state index contributed by atoms with van der Waals surface area (Å²) < 4.78 is 12.4. The molecule has 0 saturated carbocycles. The SMILES string of the molecule is Cl.O=[S@@](c1nc2ccccc2nc1Cl)[C@H]1CCNC1. The first-order valence-electron chi connectivity index (χ1n) is 5.79. The molecule has 19 heavy (non-hydrogen) atoms. The molecular weight excluding hydrogens is 305 g/mol. The second-order valence-electron chi connectivity index (χ2n) is 4.22. The number of para-hydroxylation sites is 2. The largest absolute Gasteiger partial charge is 0.315 e. The topological polar surface area (TPSA) is 54.9 Å². The lowest BCUT2D eigenvalue weighted by molar-refractivity contribution is 0.669. The third kappa shape index (κ3) is 2.89. The van der Waals surface area contributed by atoms with Crippen molar-refractivity contribution in [3.8, 4) is 0 Å². The molecule has 1 aromatic carbocycles. The van der Waals surface area contributed by atoms with Gasteiger partial charge in [0, 0.05) is 6.54 Å². The van der Waals surface area contributed by atoms with Crippen LogP contribution in [-0.4, -0.2) is 32.5 Å². The highest BCUT2D eigenvalue weighted by Crippen LogP contribution is 2.23. The van der Waals surface area contributed by atoms with Crippen molar-refractivity contribution < 1.29 is 4.21 Å². The lowest BCUT2D eigenvalue weighted by Crippen LogP contribution is -2.20. The molecule has 0 bridgehead atoms. The Bertz CT molecular complexity index is 617. The summed E-state index contributed by atoms with van der Waals surface area (Å²) >= 11 is 6.09. The Balaban J connectivity index is 0.00000133. The first-order chi connectivity index (χ1) is 8.75. The molecule has 0 unspecified atom stereocenters. The fraction of sp³-hybridized carbons (Fsp3) is 0.333. The van der Waals surface area contributed by atoms with Crippen LogP contribution in [0.5, 0.6) is 0 Å². The normalized spacial score (nSPS) is 20.2. The molecule has 2 atom stereocenters. The van der Waals surface area contributed by atoms with E-state index in [4.69, 9.17) is 11.6 Å². The Kier molecular flexibility index (Phi) is 4.73. The molecule has 0 aliphatic carbocycles. The van der Waals surface area contributed by atoms with Gasteiger partial charge in [0.05, 0.1) is 27.1 Å². The van der Waals surface area contributed by atoms with Crippen molar-refractivity contribution in [2.24, 2.45) is 0 Å². The van der Waals surface area contributed by atoms with Crippen LogP contribution < -0.4 is 5.32 Å². The Morgan fingerprint density at radius 3 is 2.58 bits per heavy atom. The van der Waals surface area contributed by atoms with Crippen LogP contribution >= 0.6 is 24.0 Å². The standard InChI is InChI=1S/C12H12ClN3OS.ClH/c13-11-12(18(17)8-5-6-14-7-8)16-10-4-2-1-3-9(10)15-11;/h1-4,8,14H,5-7H2;1H/t8-,18+;/m0./s1. The second kappa shape index (κ2) is 6.13. The number of hydrogen-bond donors (Lipinski definition) is 1. The average molecular weight is 318 g/mol. The van der Waals surface area contributed by atoms with Crippen molar-refractivity contribution >= 4 is 45.8 Å². The lowest BCUT2D eigenvalue weighted by Gasteiger charge is -2.09. The minimum atomic E-state index is -1.19. The summed E-state index contributed by atoms with van der Waals surface area (Å²) in [5.41, 5.74) is 1.46. The molecule has 1 N–H and O–H groups in total. The number of halogens is 2. The molecule has 1 fully saturated rings. The zero-order chi connectivity index (χ0) is 12.5. The average Bonchev–Trinajstić information content (AvgIpc) is 2.91. The fourth-order valence-electron chi connectivity index (χ4n) is 2.06. The number of rotatable bonds is 2. The number of benzene rings is 1. The third-order valence-corrected chi connectivity index (χ3v) is 5.06. The molecule has 0 spiro atoms. The van der Waals surface area contributed by atoms with Crippen LogP contribution in [0, 0.1) is 0 Å². The van der Waals surface area contributed by atoms with E-state index < -0.39 is 10.8 Å². The molecule has 3 rings (SSSR count). The summed E-state index contributed by atoms with van der Waals surface area (Å²) in [6.45, 7) is 1.65. The summed E-state index contributed by atoms with van der Waals surface area (Å²) in [4.78, 5) is 8.65. The highest BCUT2D eigenvalue weighted by Gasteiger charge is 2.25. The highest BCUT2D eigenvalue weighted by molar-refractivity contribution is 7.85. The van der Waals surface area contributed by atoms with E-state index in [-0.39, 0.29) is 22.8 Å². The van der Waals surface area contributed by atoms with Gasteiger partial charge in [-0.3, -0.25) is 4.21 Å². The van der Waals surface area contributed by atoms with E-state index in [0.717, 1.165) is 30.5 Å². The predicted octanol–water partition coefficient (Wildman–Crippen LogP) is 2.17. The second-order valence-corrected chi connectivity index (χ2v) is 6.23. The van der Waals surface area contributed by atoms with Gasteiger partial charge in [-0.05, 0) is 25.1 Å². The van der Waals surface area contributed by atoms with Crippen LogP contribution in [0.1, 0.15) is 6.42 Å². The van der Waals surface area contributed by atoms with Crippen molar-refractivity contribution in [2.75, 3.05) is 13.1 Å². The van der Waals surface area contributed by atoms with Crippen molar-refractivity contribution in [3.63, 3.8) is 0 Å². The summed E-state index contributed by atoms with van der Waals surface area (Å²) in [7, 11) is -1.19. The number of nitrogens with one attached hydrogen (secondary N) is 1. The summed E-state index contributed by atoms with van der Waals surface area (Å²) in [6, 6.07) is 7.46. The quantitative estimate of drug-likeness (QED) is 0.922. The van der Waals surface area contributed by atoms with Crippen molar-refractivity contribution in [3.05, 3.63) is 29.4 Å². The van der Waals surface area contributed by atoms with E-state index in [2.05, 4.69) is 15.3 Å². The van der Waals surface area contributed by atoms with Crippen molar-refractivity contribution in [2.45, 2.75) is 16.7 Å². The van der Waals surface area contributed by atoms with E-state index in [0.29, 0.717) is 5.03 Å². The van der Waals surface area contributed by atoms with Gasteiger partial charge < -0.3 is 5.32 Å². The van der Waals surface area contributed by atoms with Gasteiger partial charge >= 0.3 is 0 Å². The zero-order valence-electron chi connectivity index (χ0n) is 10.0. The first kappa shape index (κ1) is 14.7. The van der Waals surface area contributed by atoms with Gasteiger partial charge in [-0.25, -0.2) is 9.97 Å². The van der Waals surface area contributed by atoms with Crippen LogP contribution in [-0.2, 0) is 10.8 Å². The van der Waals surface area contributed by atoms with Gasteiger partial charge in [-0.15, -0.1) is 12.4 Å². The smallest absolute Gasteiger partial charge is 0.165 e. The maximum atomic E-state index is 12.4. The minimum Gasteiger partial charge on any atom is -0.315 e. The van der Waals surface area contributed by atoms with E-state index in [1.807, 2.05) is 24.3 Å². The highest BCUT2D eigenvalue weighted by atomic mass is 35.5. The van der Waals surface area contributed by atoms with Gasteiger partial charge in [-0.1, -0.05) is 23.7 Å².